The van der Waals surface area contributed by atoms with E-state index in [-0.39, 0.29) is 0 Å². The maximum Gasteiger partial charge on any atom is 0.0541 e. The first-order valence-electron chi connectivity index (χ1n) is 32.9. The zero-order valence-corrected chi connectivity index (χ0v) is 53.1. The molecule has 3 nitrogen and oxygen atoms in total. The van der Waals surface area contributed by atoms with Gasteiger partial charge in [0, 0.05) is 70.2 Å². The average Bonchev–Trinajstić information content (AvgIpc) is 1.47. The summed E-state index contributed by atoms with van der Waals surface area (Å²) in [6, 6.07) is 132. The molecule has 0 radical (unpaired) electrons. The van der Waals surface area contributed by atoms with E-state index >= 15 is 0 Å². The van der Waals surface area contributed by atoms with Crippen LogP contribution in [-0.4, -0.2) is 9.13 Å². The van der Waals surface area contributed by atoms with Crippen molar-refractivity contribution < 1.29 is 0 Å². The van der Waals surface area contributed by atoms with E-state index in [0.29, 0.717) is 0 Å². The second kappa shape index (κ2) is 22.7. The summed E-state index contributed by atoms with van der Waals surface area (Å²) < 4.78 is 7.39. The van der Waals surface area contributed by atoms with Crippen molar-refractivity contribution in [1.82, 2.24) is 9.13 Å². The number of hydrogen-bond acceptors (Lipinski definition) is 2. The number of fused-ring (bicyclic) bond motifs is 12. The van der Waals surface area contributed by atoms with Crippen LogP contribution in [0.4, 0.5) is 17.1 Å². The van der Waals surface area contributed by atoms with Gasteiger partial charge in [-0.2, -0.15) is 0 Å². The molecule has 3 heterocycles. The second-order valence-corrected chi connectivity index (χ2v) is 26.3. The van der Waals surface area contributed by atoms with Crippen LogP contribution in [0.3, 0.4) is 0 Å². The predicted octanol–water partition coefficient (Wildman–Crippen LogP) is 26.0. The van der Waals surface area contributed by atoms with E-state index in [1.165, 1.54) is 158 Å². The predicted molar refractivity (Wildman–Crippen MR) is 410 cm³/mol. The van der Waals surface area contributed by atoms with Gasteiger partial charge in [-0.05, 0) is 216 Å². The molecule has 0 saturated heterocycles. The minimum Gasteiger partial charge on any atom is -0.311 e. The highest BCUT2D eigenvalue weighted by molar-refractivity contribution is 7.25. The van der Waals surface area contributed by atoms with Gasteiger partial charge in [0.05, 0.1) is 22.1 Å². The molecule has 0 unspecified atom stereocenters. The number of rotatable bonds is 11. The summed E-state index contributed by atoms with van der Waals surface area (Å²) in [5, 5.41) is 12.5. The molecule has 4 heteroatoms. The fourth-order valence-electron chi connectivity index (χ4n) is 14.9. The lowest BCUT2D eigenvalue weighted by molar-refractivity contribution is 1.18. The van der Waals surface area contributed by atoms with Gasteiger partial charge in [-0.1, -0.05) is 231 Å². The fourth-order valence-corrected chi connectivity index (χ4v) is 16.0. The van der Waals surface area contributed by atoms with Crippen LogP contribution >= 0.6 is 11.3 Å². The van der Waals surface area contributed by atoms with Crippen LogP contribution in [0.25, 0.3) is 163 Å². The van der Waals surface area contributed by atoms with E-state index in [0.717, 1.165) is 22.7 Å². The zero-order valence-electron chi connectivity index (χ0n) is 52.3. The molecular weight excluding hydrogens is 1180 g/mol. The molecule has 3 aromatic heterocycles. The normalized spacial score (nSPS) is 11.8. The number of benzene rings is 16. The molecule has 0 spiro atoms. The van der Waals surface area contributed by atoms with Gasteiger partial charge in [0.15, 0.2) is 0 Å². The Hall–Kier alpha value is -12.3. The Morgan fingerprint density at radius 2 is 0.542 bits per heavy atom. The van der Waals surface area contributed by atoms with Crippen molar-refractivity contribution in [2.75, 3.05) is 4.90 Å². The molecule has 0 amide bonds. The Morgan fingerprint density at radius 3 is 1.10 bits per heavy atom. The van der Waals surface area contributed by atoms with Crippen LogP contribution in [0, 0.1) is 0 Å². The Balaban J connectivity index is 0.591. The average molecular weight is 1240 g/mol. The third-order valence-corrected chi connectivity index (χ3v) is 20.9. The lowest BCUT2D eigenvalue weighted by Gasteiger charge is -2.26. The Morgan fingerprint density at radius 1 is 0.188 bits per heavy atom. The van der Waals surface area contributed by atoms with Crippen molar-refractivity contribution in [2.24, 2.45) is 0 Å². The maximum absolute atomic E-state index is 2.42. The molecule has 96 heavy (non-hydrogen) atoms. The first-order chi connectivity index (χ1) is 47.5. The van der Waals surface area contributed by atoms with Crippen LogP contribution in [0.1, 0.15) is 0 Å². The largest absolute Gasteiger partial charge is 0.311 e. The number of nitrogens with zero attached hydrogens (tertiary/aromatic N) is 3. The van der Waals surface area contributed by atoms with Crippen LogP contribution in [-0.2, 0) is 0 Å². The maximum atomic E-state index is 2.42. The quantitative estimate of drug-likeness (QED) is 0.118. The van der Waals surface area contributed by atoms with Crippen molar-refractivity contribution >= 4 is 114 Å². The van der Waals surface area contributed by atoms with Crippen molar-refractivity contribution in [1.29, 1.82) is 0 Å². The molecule has 0 aliphatic rings. The highest BCUT2D eigenvalue weighted by atomic mass is 32.1. The number of anilines is 3. The smallest absolute Gasteiger partial charge is 0.0541 e. The summed E-state index contributed by atoms with van der Waals surface area (Å²) in [6.45, 7) is 0. The fraction of sp³-hybridized carbons (Fsp3) is 0. The van der Waals surface area contributed by atoms with E-state index in [2.05, 4.69) is 372 Å². The van der Waals surface area contributed by atoms with E-state index in [9.17, 15) is 0 Å². The monoisotopic (exact) mass is 1240 g/mol. The molecule has 0 fully saturated rings. The van der Waals surface area contributed by atoms with E-state index in [1.807, 2.05) is 11.3 Å². The Labute approximate surface area is 560 Å². The third kappa shape index (κ3) is 9.49. The van der Waals surface area contributed by atoms with Gasteiger partial charge in [-0.25, -0.2) is 0 Å². The summed E-state index contributed by atoms with van der Waals surface area (Å²) in [5.74, 6) is 0. The zero-order chi connectivity index (χ0) is 63.2. The SMILES string of the molecule is c1ccc(-c2ccc(N(c3ccc(-c4ccccc4)cc3)c3ccc(-c4ccc5ccc6cc(-c7ccc8c(c7)sc7ccc(-c9ccc(-n%10c%11ccccc%11c%11cc(-c%12ccc%13c(c%12)c%12ccccc%12n%13-c%12ccccc%12)ccc%11%10)cc9)cc78)ccc6c5c4)cc3)cc2)cc1. The minimum absolute atomic E-state index is 1.10. The van der Waals surface area contributed by atoms with E-state index < -0.39 is 0 Å². The van der Waals surface area contributed by atoms with Gasteiger partial charge >= 0.3 is 0 Å². The molecule has 0 saturated carbocycles. The Kier molecular flexibility index (Phi) is 13.1. The van der Waals surface area contributed by atoms with E-state index in [4.69, 9.17) is 0 Å². The van der Waals surface area contributed by atoms with Crippen LogP contribution in [0.2, 0.25) is 0 Å². The van der Waals surface area contributed by atoms with Gasteiger partial charge < -0.3 is 14.0 Å². The first-order valence-corrected chi connectivity index (χ1v) is 33.7. The molecular formula is C92H59N3S. The van der Waals surface area contributed by atoms with Gasteiger partial charge in [0.1, 0.15) is 0 Å². The van der Waals surface area contributed by atoms with Crippen LogP contribution < -0.4 is 4.90 Å². The standard InChI is InChI=1S/C92H59N3S/c1-4-14-60(15-5-1)62-28-41-75(42-29-62)93(76-43-30-63(31-44-76)61-16-6-2-7-17-61)77-45-32-64(33-46-77)68-26-24-66-25-27-73-54-67(36-49-79(73)83(66)55-68)72-37-50-82-86-58-69(40-53-91(86)96-92(82)59-72)65-34-47-78(48-35-65)95-88-23-13-11-21-81(88)85-57-71(39-52-90(85)95)70-38-51-89-84(56-70)80-20-10-12-22-87(80)94(89)74-18-8-3-9-19-74/h1-59H. The van der Waals surface area contributed by atoms with Gasteiger partial charge in [-0.3, -0.25) is 0 Å². The molecule has 448 valence electrons. The molecule has 0 bridgehead atoms. The summed E-state index contributed by atoms with van der Waals surface area (Å²) in [6.07, 6.45) is 0. The van der Waals surface area contributed by atoms with E-state index in [1.54, 1.807) is 0 Å². The molecule has 19 aromatic rings. The lowest BCUT2D eigenvalue weighted by atomic mass is 9.94. The Bertz CT molecular complexity index is 6120. The molecule has 0 aliphatic heterocycles. The number of para-hydroxylation sites is 3. The highest BCUT2D eigenvalue weighted by Crippen LogP contribution is 2.44. The van der Waals surface area contributed by atoms with Gasteiger partial charge in [0.25, 0.3) is 0 Å². The number of hydrogen-bond donors (Lipinski definition) is 0. The second-order valence-electron chi connectivity index (χ2n) is 25.2. The van der Waals surface area contributed by atoms with Crippen LogP contribution in [0.5, 0.6) is 0 Å². The molecule has 0 atom stereocenters. The number of thiophene rings is 1. The van der Waals surface area contributed by atoms with Crippen molar-refractivity contribution in [3.63, 3.8) is 0 Å². The summed E-state index contributed by atoms with van der Waals surface area (Å²) in [4.78, 5) is 2.35. The minimum atomic E-state index is 1.10. The third-order valence-electron chi connectivity index (χ3n) is 19.7. The van der Waals surface area contributed by atoms with Crippen LogP contribution in [0.15, 0.2) is 358 Å². The van der Waals surface area contributed by atoms with Crippen molar-refractivity contribution in [3.8, 4) is 78.1 Å². The topological polar surface area (TPSA) is 13.1 Å². The molecule has 19 rings (SSSR count). The summed E-state index contributed by atoms with van der Waals surface area (Å²) >= 11 is 1.87. The molecule has 0 aliphatic carbocycles. The number of aromatic nitrogens is 2. The molecule has 16 aromatic carbocycles. The van der Waals surface area contributed by atoms with Crippen molar-refractivity contribution in [3.05, 3.63) is 358 Å². The van der Waals surface area contributed by atoms with Crippen molar-refractivity contribution in [2.45, 2.75) is 0 Å². The lowest BCUT2D eigenvalue weighted by Crippen LogP contribution is -2.09. The first kappa shape index (κ1) is 55.3. The van der Waals surface area contributed by atoms with Gasteiger partial charge in [0.2, 0.25) is 0 Å². The summed E-state index contributed by atoms with van der Waals surface area (Å²) in [5.41, 5.74) is 24.8. The highest BCUT2D eigenvalue weighted by Gasteiger charge is 2.19. The summed E-state index contributed by atoms with van der Waals surface area (Å²) in [7, 11) is 0. The molecule has 0 N–H and O–H groups in total. The van der Waals surface area contributed by atoms with Gasteiger partial charge in [-0.15, -0.1) is 11.3 Å².